The highest BCUT2D eigenvalue weighted by Crippen LogP contribution is 2.12. The van der Waals surface area contributed by atoms with Gasteiger partial charge in [0.1, 0.15) is 0 Å². The van der Waals surface area contributed by atoms with E-state index in [1.165, 1.54) is 7.11 Å². The molecular weight excluding hydrogens is 304 g/mol. The van der Waals surface area contributed by atoms with E-state index in [0.29, 0.717) is 13.0 Å². The molecule has 22 heavy (non-hydrogen) atoms. The number of ether oxygens (including phenoxy) is 1. The van der Waals surface area contributed by atoms with Gasteiger partial charge in [-0.15, -0.1) is 12.4 Å². The summed E-state index contributed by atoms with van der Waals surface area (Å²) in [7, 11) is 1.39. The molecule has 0 bridgehead atoms. The van der Waals surface area contributed by atoms with Gasteiger partial charge in [-0.3, -0.25) is 9.59 Å². The van der Waals surface area contributed by atoms with Crippen molar-refractivity contribution >= 4 is 24.3 Å². The maximum atomic E-state index is 11.7. The second-order valence-electron chi connectivity index (χ2n) is 4.96. The van der Waals surface area contributed by atoms with Crippen molar-refractivity contribution in [2.45, 2.75) is 38.1 Å². The Morgan fingerprint density at radius 1 is 1.18 bits per heavy atom. The highest BCUT2D eigenvalue weighted by Gasteiger charge is 2.10. The average Bonchev–Trinajstić information content (AvgIpc) is 2.51. The van der Waals surface area contributed by atoms with Gasteiger partial charge in [0.15, 0.2) is 0 Å². The van der Waals surface area contributed by atoms with Crippen molar-refractivity contribution in [3.05, 3.63) is 35.9 Å². The van der Waals surface area contributed by atoms with Crippen LogP contribution in [0.4, 0.5) is 0 Å². The molecule has 0 fully saturated rings. The number of nitrogens with one attached hydrogen (secondary N) is 1. The Morgan fingerprint density at radius 3 is 2.50 bits per heavy atom. The fourth-order valence-electron chi connectivity index (χ4n) is 1.99. The first kappa shape index (κ1) is 20.4. The monoisotopic (exact) mass is 328 g/mol. The zero-order valence-corrected chi connectivity index (χ0v) is 13.7. The Kier molecular flexibility index (Phi) is 11.1. The van der Waals surface area contributed by atoms with Crippen LogP contribution in [0.3, 0.4) is 0 Å². The molecule has 0 aromatic heterocycles. The number of carbonyl (C=O) groups is 2. The van der Waals surface area contributed by atoms with Crippen molar-refractivity contribution in [2.75, 3.05) is 13.7 Å². The van der Waals surface area contributed by atoms with Gasteiger partial charge in [-0.05, 0) is 18.4 Å². The molecule has 0 saturated heterocycles. The van der Waals surface area contributed by atoms with E-state index >= 15 is 0 Å². The van der Waals surface area contributed by atoms with Gasteiger partial charge in [0.2, 0.25) is 5.91 Å². The molecule has 1 amide bonds. The first-order valence-electron chi connectivity index (χ1n) is 7.27. The van der Waals surface area contributed by atoms with Crippen LogP contribution in [0.25, 0.3) is 0 Å². The lowest BCUT2D eigenvalue weighted by atomic mass is 10.0. The van der Waals surface area contributed by atoms with Gasteiger partial charge in [-0.25, -0.2) is 0 Å². The van der Waals surface area contributed by atoms with Gasteiger partial charge in [-0.2, -0.15) is 0 Å². The highest BCUT2D eigenvalue weighted by molar-refractivity contribution is 5.85. The van der Waals surface area contributed by atoms with Gasteiger partial charge >= 0.3 is 5.97 Å². The predicted molar refractivity (Wildman–Crippen MR) is 88.7 cm³/mol. The minimum atomic E-state index is -0.273. The Labute approximate surface area is 138 Å². The van der Waals surface area contributed by atoms with Crippen LogP contribution in [0.2, 0.25) is 0 Å². The van der Waals surface area contributed by atoms with E-state index in [2.05, 4.69) is 10.1 Å². The van der Waals surface area contributed by atoms with Crippen LogP contribution in [0.15, 0.2) is 30.3 Å². The Hall–Kier alpha value is -1.59. The van der Waals surface area contributed by atoms with Gasteiger partial charge < -0.3 is 15.8 Å². The molecule has 1 aromatic carbocycles. The van der Waals surface area contributed by atoms with Crippen LogP contribution in [0, 0.1) is 0 Å². The van der Waals surface area contributed by atoms with Crippen LogP contribution >= 0.6 is 12.4 Å². The largest absolute Gasteiger partial charge is 0.469 e. The molecule has 0 heterocycles. The highest BCUT2D eigenvalue weighted by atomic mass is 35.5. The summed E-state index contributed by atoms with van der Waals surface area (Å²) in [5.41, 5.74) is 6.95. The molecule has 1 rings (SSSR count). The molecule has 0 spiro atoms. The van der Waals surface area contributed by atoms with Crippen molar-refractivity contribution in [3.8, 4) is 0 Å². The number of halogens is 1. The van der Waals surface area contributed by atoms with E-state index in [1.54, 1.807) is 0 Å². The molecule has 0 aliphatic rings. The third kappa shape index (κ3) is 8.64. The lowest BCUT2D eigenvalue weighted by Crippen LogP contribution is -2.28. The van der Waals surface area contributed by atoms with Crippen LogP contribution in [0.1, 0.15) is 43.7 Å². The second-order valence-corrected chi connectivity index (χ2v) is 4.96. The number of amides is 1. The van der Waals surface area contributed by atoms with Crippen molar-refractivity contribution < 1.29 is 14.3 Å². The number of nitrogens with two attached hydrogens (primary N) is 1. The van der Waals surface area contributed by atoms with Crippen LogP contribution < -0.4 is 11.1 Å². The second kappa shape index (κ2) is 12.0. The maximum Gasteiger partial charge on any atom is 0.305 e. The van der Waals surface area contributed by atoms with Crippen molar-refractivity contribution in [3.63, 3.8) is 0 Å². The zero-order valence-electron chi connectivity index (χ0n) is 12.9. The number of hydrogen-bond donors (Lipinski definition) is 2. The number of carbonyl (C=O) groups excluding carboxylic acids is 2. The molecule has 3 N–H and O–H groups in total. The SMILES string of the molecule is COC(=O)CCCCCNC(=O)CC(N)c1ccccc1.Cl. The average molecular weight is 329 g/mol. The summed E-state index contributed by atoms with van der Waals surface area (Å²) in [4.78, 5) is 22.7. The van der Waals surface area contributed by atoms with Crippen LogP contribution in [0.5, 0.6) is 0 Å². The quantitative estimate of drug-likeness (QED) is 0.538. The van der Waals surface area contributed by atoms with E-state index in [-0.39, 0.29) is 36.7 Å². The molecule has 5 nitrogen and oxygen atoms in total. The van der Waals surface area contributed by atoms with Crippen molar-refractivity contribution in [2.24, 2.45) is 5.73 Å². The summed E-state index contributed by atoms with van der Waals surface area (Å²) in [5, 5.41) is 2.85. The molecule has 124 valence electrons. The van der Waals surface area contributed by atoms with Gasteiger partial charge in [0, 0.05) is 25.4 Å². The van der Waals surface area contributed by atoms with Gasteiger partial charge in [0.25, 0.3) is 0 Å². The van der Waals surface area contributed by atoms with Crippen molar-refractivity contribution in [1.82, 2.24) is 5.32 Å². The van der Waals surface area contributed by atoms with E-state index in [1.807, 2.05) is 30.3 Å². The third-order valence-electron chi connectivity index (χ3n) is 3.24. The van der Waals surface area contributed by atoms with E-state index in [0.717, 1.165) is 24.8 Å². The predicted octanol–water partition coefficient (Wildman–Crippen LogP) is 2.35. The summed E-state index contributed by atoms with van der Waals surface area (Å²) in [6.07, 6.45) is 3.24. The minimum Gasteiger partial charge on any atom is -0.469 e. The van der Waals surface area contributed by atoms with E-state index in [4.69, 9.17) is 5.73 Å². The first-order chi connectivity index (χ1) is 10.1. The Balaban J connectivity index is 0.00000441. The van der Waals surface area contributed by atoms with Crippen molar-refractivity contribution in [1.29, 1.82) is 0 Å². The molecular formula is C16H25ClN2O3. The lowest BCUT2D eigenvalue weighted by molar-refractivity contribution is -0.140. The molecule has 0 aliphatic carbocycles. The topological polar surface area (TPSA) is 81.4 Å². The third-order valence-corrected chi connectivity index (χ3v) is 3.24. The summed E-state index contributed by atoms with van der Waals surface area (Å²) >= 11 is 0. The number of rotatable bonds is 9. The standard InChI is InChI=1S/C16H24N2O3.ClH/c1-21-16(20)10-6-3-7-11-18-15(19)12-14(17)13-8-4-2-5-9-13;/h2,4-5,8-9,14H,3,6-7,10-12,17H2,1H3,(H,18,19);1H. The van der Waals surface area contributed by atoms with Gasteiger partial charge in [0.05, 0.1) is 7.11 Å². The fraction of sp³-hybridized carbons (Fsp3) is 0.500. The summed E-state index contributed by atoms with van der Waals surface area (Å²) in [6.45, 7) is 0.613. The molecule has 1 unspecified atom stereocenters. The Bertz CT molecular complexity index is 440. The van der Waals surface area contributed by atoms with E-state index < -0.39 is 0 Å². The van der Waals surface area contributed by atoms with Crippen LogP contribution in [-0.2, 0) is 14.3 Å². The maximum absolute atomic E-state index is 11.7. The summed E-state index contributed by atoms with van der Waals surface area (Å²) in [6, 6.07) is 9.31. The smallest absolute Gasteiger partial charge is 0.305 e. The van der Waals surface area contributed by atoms with Gasteiger partial charge in [-0.1, -0.05) is 36.8 Å². The zero-order chi connectivity index (χ0) is 15.5. The number of methoxy groups -OCH3 is 1. The Morgan fingerprint density at radius 2 is 1.86 bits per heavy atom. The normalized spacial score (nSPS) is 11.2. The fourth-order valence-corrected chi connectivity index (χ4v) is 1.99. The molecule has 1 atom stereocenters. The van der Waals surface area contributed by atoms with Crippen LogP contribution in [-0.4, -0.2) is 25.5 Å². The molecule has 0 aliphatic heterocycles. The lowest BCUT2D eigenvalue weighted by Gasteiger charge is -2.12. The van der Waals surface area contributed by atoms with E-state index in [9.17, 15) is 9.59 Å². The first-order valence-corrected chi connectivity index (χ1v) is 7.27. The summed E-state index contributed by atoms with van der Waals surface area (Å²) < 4.78 is 4.56. The molecule has 0 saturated carbocycles. The number of unbranched alkanes of at least 4 members (excludes halogenated alkanes) is 2. The summed E-state index contributed by atoms with van der Waals surface area (Å²) in [5.74, 6) is -0.229. The molecule has 1 aromatic rings. The molecule has 6 heteroatoms. The molecule has 0 radical (unpaired) electrons. The number of hydrogen-bond acceptors (Lipinski definition) is 4. The number of benzene rings is 1. The minimum absolute atomic E-state index is 0. The number of esters is 1.